The Balaban J connectivity index is 3.78. The van der Waals surface area contributed by atoms with Crippen LogP contribution in [0.2, 0.25) is 0 Å². The summed E-state index contributed by atoms with van der Waals surface area (Å²) in [4.78, 5) is 23.0. The zero-order valence-corrected chi connectivity index (χ0v) is 11.3. The maximum absolute atomic E-state index is 11.6. The average Bonchev–Trinajstić information content (AvgIpc) is 2.26. The van der Waals surface area contributed by atoms with Crippen molar-refractivity contribution in [3.8, 4) is 0 Å². The standard InChI is InChI=1S/C12H25N3O2/c1-5-13-7-6-11(16)15-10(4)12(17)14-8-9(2)3/h9-10,13H,5-8H2,1-4H3,(H,14,17)(H,15,16). The molecule has 1 atom stereocenters. The van der Waals surface area contributed by atoms with Crippen LogP contribution in [0.5, 0.6) is 0 Å². The van der Waals surface area contributed by atoms with Crippen molar-refractivity contribution < 1.29 is 9.59 Å². The Hall–Kier alpha value is -1.10. The normalized spacial score (nSPS) is 12.3. The SMILES string of the molecule is CCNCCC(=O)NC(C)C(=O)NCC(C)C. The van der Waals surface area contributed by atoms with Crippen molar-refractivity contribution in [1.82, 2.24) is 16.0 Å². The lowest BCUT2D eigenvalue weighted by atomic mass is 10.2. The highest BCUT2D eigenvalue weighted by Crippen LogP contribution is 1.90. The first-order valence-corrected chi connectivity index (χ1v) is 6.25. The molecule has 0 heterocycles. The fourth-order valence-corrected chi connectivity index (χ4v) is 1.22. The maximum atomic E-state index is 11.6. The molecule has 0 aromatic carbocycles. The molecule has 0 aliphatic heterocycles. The lowest BCUT2D eigenvalue weighted by molar-refractivity contribution is -0.128. The topological polar surface area (TPSA) is 70.2 Å². The Kier molecular flexibility index (Phi) is 8.40. The zero-order valence-electron chi connectivity index (χ0n) is 11.3. The second-order valence-electron chi connectivity index (χ2n) is 4.53. The van der Waals surface area contributed by atoms with Crippen LogP contribution in [0.25, 0.3) is 0 Å². The number of amides is 2. The summed E-state index contributed by atoms with van der Waals surface area (Å²) in [7, 11) is 0. The number of carbonyl (C=O) groups excluding carboxylic acids is 2. The monoisotopic (exact) mass is 243 g/mol. The van der Waals surface area contributed by atoms with Crippen molar-refractivity contribution in [1.29, 1.82) is 0 Å². The van der Waals surface area contributed by atoms with Gasteiger partial charge in [-0.25, -0.2) is 0 Å². The molecule has 0 saturated carbocycles. The summed E-state index contributed by atoms with van der Waals surface area (Å²) >= 11 is 0. The summed E-state index contributed by atoms with van der Waals surface area (Å²) in [6.45, 7) is 9.86. The van der Waals surface area contributed by atoms with Gasteiger partial charge in [0.15, 0.2) is 0 Å². The summed E-state index contributed by atoms with van der Waals surface area (Å²) in [5.74, 6) is 0.184. The highest BCUT2D eigenvalue weighted by atomic mass is 16.2. The van der Waals surface area contributed by atoms with Gasteiger partial charge in [-0.05, 0) is 19.4 Å². The van der Waals surface area contributed by atoms with Crippen LogP contribution in [-0.4, -0.2) is 37.5 Å². The molecule has 1 unspecified atom stereocenters. The number of hydrogen-bond donors (Lipinski definition) is 3. The smallest absolute Gasteiger partial charge is 0.242 e. The van der Waals surface area contributed by atoms with Crippen LogP contribution in [0.15, 0.2) is 0 Å². The van der Waals surface area contributed by atoms with Gasteiger partial charge in [0.25, 0.3) is 0 Å². The van der Waals surface area contributed by atoms with Gasteiger partial charge < -0.3 is 16.0 Å². The first-order chi connectivity index (χ1) is 7.97. The quantitative estimate of drug-likeness (QED) is 0.536. The second kappa shape index (κ2) is 8.98. The summed E-state index contributed by atoms with van der Waals surface area (Å²) < 4.78 is 0. The molecule has 5 nitrogen and oxygen atoms in total. The van der Waals surface area contributed by atoms with E-state index in [0.29, 0.717) is 25.4 Å². The zero-order chi connectivity index (χ0) is 13.3. The maximum Gasteiger partial charge on any atom is 0.242 e. The molecule has 0 spiro atoms. The van der Waals surface area contributed by atoms with Crippen LogP contribution >= 0.6 is 0 Å². The van der Waals surface area contributed by atoms with E-state index < -0.39 is 6.04 Å². The van der Waals surface area contributed by atoms with E-state index in [2.05, 4.69) is 16.0 Å². The van der Waals surface area contributed by atoms with Gasteiger partial charge in [0.1, 0.15) is 6.04 Å². The van der Waals surface area contributed by atoms with E-state index in [9.17, 15) is 9.59 Å². The third-order valence-electron chi connectivity index (χ3n) is 2.23. The van der Waals surface area contributed by atoms with Crippen molar-refractivity contribution in [2.75, 3.05) is 19.6 Å². The van der Waals surface area contributed by atoms with Gasteiger partial charge in [-0.15, -0.1) is 0 Å². The highest BCUT2D eigenvalue weighted by Gasteiger charge is 2.14. The molecule has 0 aliphatic rings. The number of rotatable bonds is 8. The minimum atomic E-state index is -0.470. The Morgan fingerprint density at radius 3 is 2.35 bits per heavy atom. The molecule has 0 bridgehead atoms. The summed E-state index contributed by atoms with van der Waals surface area (Å²) in [5.41, 5.74) is 0. The lowest BCUT2D eigenvalue weighted by Gasteiger charge is -2.15. The fraction of sp³-hybridized carbons (Fsp3) is 0.833. The van der Waals surface area contributed by atoms with Crippen molar-refractivity contribution in [2.45, 2.75) is 40.2 Å². The first-order valence-electron chi connectivity index (χ1n) is 6.25. The van der Waals surface area contributed by atoms with E-state index in [4.69, 9.17) is 0 Å². The molecular formula is C12H25N3O2. The largest absolute Gasteiger partial charge is 0.354 e. The highest BCUT2D eigenvalue weighted by molar-refractivity contribution is 5.87. The lowest BCUT2D eigenvalue weighted by Crippen LogP contribution is -2.46. The third-order valence-corrected chi connectivity index (χ3v) is 2.23. The Morgan fingerprint density at radius 1 is 1.18 bits per heavy atom. The minimum Gasteiger partial charge on any atom is -0.354 e. The van der Waals surface area contributed by atoms with Crippen molar-refractivity contribution in [2.24, 2.45) is 5.92 Å². The van der Waals surface area contributed by atoms with Gasteiger partial charge in [0.2, 0.25) is 11.8 Å². The Morgan fingerprint density at radius 2 is 1.82 bits per heavy atom. The van der Waals surface area contributed by atoms with Crippen LogP contribution in [0.4, 0.5) is 0 Å². The number of hydrogen-bond acceptors (Lipinski definition) is 3. The summed E-state index contributed by atoms with van der Waals surface area (Å²) in [5, 5.41) is 8.52. The molecule has 0 radical (unpaired) electrons. The third kappa shape index (κ3) is 8.68. The summed E-state index contributed by atoms with van der Waals surface area (Å²) in [6.07, 6.45) is 0.398. The molecule has 0 rings (SSSR count). The predicted molar refractivity (Wildman–Crippen MR) is 68.6 cm³/mol. The van der Waals surface area contributed by atoms with Gasteiger partial charge in [-0.2, -0.15) is 0 Å². The minimum absolute atomic E-state index is 0.0989. The molecule has 0 aromatic heterocycles. The van der Waals surface area contributed by atoms with Gasteiger partial charge in [0.05, 0.1) is 0 Å². The van der Waals surface area contributed by atoms with E-state index in [1.807, 2.05) is 20.8 Å². The van der Waals surface area contributed by atoms with Crippen molar-refractivity contribution in [3.05, 3.63) is 0 Å². The molecule has 3 N–H and O–H groups in total. The fourth-order valence-electron chi connectivity index (χ4n) is 1.22. The van der Waals surface area contributed by atoms with Crippen LogP contribution in [-0.2, 0) is 9.59 Å². The number of nitrogens with one attached hydrogen (secondary N) is 3. The molecule has 5 heteroatoms. The molecular weight excluding hydrogens is 218 g/mol. The van der Waals surface area contributed by atoms with Gasteiger partial charge in [-0.1, -0.05) is 20.8 Å². The average molecular weight is 243 g/mol. The van der Waals surface area contributed by atoms with Crippen LogP contribution < -0.4 is 16.0 Å². The van der Waals surface area contributed by atoms with Gasteiger partial charge in [-0.3, -0.25) is 9.59 Å². The van der Waals surface area contributed by atoms with Crippen LogP contribution in [0.1, 0.15) is 34.1 Å². The van der Waals surface area contributed by atoms with E-state index >= 15 is 0 Å². The molecule has 17 heavy (non-hydrogen) atoms. The first kappa shape index (κ1) is 15.9. The summed E-state index contributed by atoms with van der Waals surface area (Å²) in [6, 6.07) is -0.470. The Bertz CT molecular complexity index is 242. The molecule has 0 aliphatic carbocycles. The van der Waals surface area contributed by atoms with E-state index in [1.165, 1.54) is 0 Å². The van der Waals surface area contributed by atoms with Crippen LogP contribution in [0.3, 0.4) is 0 Å². The molecule has 100 valence electrons. The number of carbonyl (C=O) groups is 2. The van der Waals surface area contributed by atoms with Gasteiger partial charge in [0, 0.05) is 19.5 Å². The van der Waals surface area contributed by atoms with E-state index in [-0.39, 0.29) is 11.8 Å². The molecule has 2 amide bonds. The van der Waals surface area contributed by atoms with Crippen molar-refractivity contribution in [3.63, 3.8) is 0 Å². The second-order valence-corrected chi connectivity index (χ2v) is 4.53. The van der Waals surface area contributed by atoms with Crippen LogP contribution in [0, 0.1) is 5.92 Å². The van der Waals surface area contributed by atoms with Crippen molar-refractivity contribution >= 4 is 11.8 Å². The molecule has 0 fully saturated rings. The van der Waals surface area contributed by atoms with E-state index in [1.54, 1.807) is 6.92 Å². The predicted octanol–water partition coefficient (Wildman–Crippen LogP) is 0.263. The van der Waals surface area contributed by atoms with Gasteiger partial charge >= 0.3 is 0 Å². The molecule has 0 aromatic rings. The molecule has 0 saturated heterocycles. The van der Waals surface area contributed by atoms with E-state index in [0.717, 1.165) is 6.54 Å². The Labute approximate surface area is 104 Å².